The van der Waals surface area contributed by atoms with Gasteiger partial charge in [-0.3, -0.25) is 4.79 Å². The first kappa shape index (κ1) is 20.8. The van der Waals surface area contributed by atoms with Crippen molar-refractivity contribution in [2.75, 3.05) is 0 Å². The van der Waals surface area contributed by atoms with Gasteiger partial charge >= 0.3 is 12.1 Å². The number of rotatable bonds is 6. The number of ether oxygens (including phenoxy) is 1. The Kier molecular flexibility index (Phi) is 5.67. The van der Waals surface area contributed by atoms with Crippen molar-refractivity contribution in [1.82, 2.24) is 24.8 Å². The molecule has 10 heteroatoms. The van der Waals surface area contributed by atoms with E-state index in [1.54, 1.807) is 29.2 Å². The molecular weight excluding hydrogens is 414 g/mol. The van der Waals surface area contributed by atoms with Gasteiger partial charge in [0.25, 0.3) is 5.56 Å². The Morgan fingerprint density at radius 2 is 2.00 bits per heavy atom. The van der Waals surface area contributed by atoms with Crippen molar-refractivity contribution < 1.29 is 19.4 Å². The number of carbonyl (C=O) groups is 2. The first-order valence-corrected chi connectivity index (χ1v) is 9.66. The van der Waals surface area contributed by atoms with Gasteiger partial charge in [0.1, 0.15) is 6.61 Å². The quantitative estimate of drug-likeness (QED) is 0.425. The summed E-state index contributed by atoms with van der Waals surface area (Å²) in [7, 11) is 0. The van der Waals surface area contributed by atoms with Crippen LogP contribution in [0.15, 0.2) is 59.8 Å². The molecule has 0 aliphatic rings. The van der Waals surface area contributed by atoms with Crippen LogP contribution in [-0.4, -0.2) is 36.7 Å². The summed E-state index contributed by atoms with van der Waals surface area (Å²) >= 11 is 0. The van der Waals surface area contributed by atoms with Crippen molar-refractivity contribution in [3.8, 4) is 5.69 Å². The van der Waals surface area contributed by atoms with E-state index in [0.717, 1.165) is 11.1 Å². The minimum atomic E-state index is -1.40. The first-order valence-electron chi connectivity index (χ1n) is 9.66. The molecule has 0 atom stereocenters. The zero-order valence-electron chi connectivity index (χ0n) is 17.0. The molecule has 0 saturated carbocycles. The Labute approximate surface area is 181 Å². The van der Waals surface area contributed by atoms with Gasteiger partial charge in [-0.25, -0.2) is 19.6 Å². The number of nitrogens with one attached hydrogen (secondary N) is 2. The number of H-pyrrole nitrogens is 1. The Hall–Kier alpha value is -4.47. The second-order valence-corrected chi connectivity index (χ2v) is 7.06. The molecule has 0 radical (unpaired) electrons. The Balaban J connectivity index is 1.47. The summed E-state index contributed by atoms with van der Waals surface area (Å²) in [5, 5.41) is 11.8. The third-order valence-electron chi connectivity index (χ3n) is 4.76. The van der Waals surface area contributed by atoms with Crippen LogP contribution in [-0.2, 0) is 17.9 Å². The number of amides is 1. The molecule has 2 heterocycles. The highest BCUT2D eigenvalue weighted by molar-refractivity contribution is 5.88. The van der Waals surface area contributed by atoms with E-state index in [9.17, 15) is 14.4 Å². The number of nitrogens with zero attached hydrogens (tertiary/aromatic N) is 3. The van der Waals surface area contributed by atoms with Gasteiger partial charge in [0.2, 0.25) is 5.69 Å². The van der Waals surface area contributed by atoms with E-state index in [2.05, 4.69) is 20.3 Å². The Morgan fingerprint density at radius 3 is 2.75 bits per heavy atom. The number of benzene rings is 2. The van der Waals surface area contributed by atoms with Gasteiger partial charge in [-0.2, -0.15) is 0 Å². The van der Waals surface area contributed by atoms with E-state index in [4.69, 9.17) is 9.84 Å². The maximum absolute atomic E-state index is 11.9. The maximum Gasteiger partial charge on any atom is 0.407 e. The number of carboxylic acids is 1. The van der Waals surface area contributed by atoms with E-state index < -0.39 is 23.3 Å². The molecule has 0 aliphatic heterocycles. The summed E-state index contributed by atoms with van der Waals surface area (Å²) in [6, 6.07) is 12.8. The summed E-state index contributed by atoms with van der Waals surface area (Å²) in [4.78, 5) is 45.7. The average Bonchev–Trinajstić information content (AvgIpc) is 3.25. The molecule has 10 nitrogen and oxygen atoms in total. The number of aryl methyl sites for hydroxylation is 1. The van der Waals surface area contributed by atoms with Crippen LogP contribution in [0.3, 0.4) is 0 Å². The van der Waals surface area contributed by atoms with Crippen molar-refractivity contribution in [2.24, 2.45) is 0 Å². The van der Waals surface area contributed by atoms with Gasteiger partial charge < -0.3 is 24.7 Å². The molecule has 0 bridgehead atoms. The highest BCUT2D eigenvalue weighted by Crippen LogP contribution is 2.20. The molecule has 0 aliphatic carbocycles. The lowest BCUT2D eigenvalue weighted by molar-refractivity contribution is 0.0688. The van der Waals surface area contributed by atoms with Crippen LogP contribution in [0.4, 0.5) is 4.79 Å². The number of hydrogen-bond acceptors (Lipinski definition) is 6. The predicted molar refractivity (Wildman–Crippen MR) is 115 cm³/mol. The molecule has 4 rings (SSSR count). The number of carbonyl (C=O) groups excluding carboxylic acids is 1. The van der Waals surface area contributed by atoms with Crippen LogP contribution >= 0.6 is 0 Å². The number of aromatic amines is 1. The number of aromatic carboxylic acids is 1. The summed E-state index contributed by atoms with van der Waals surface area (Å²) in [5.41, 5.74) is 2.42. The molecule has 162 valence electrons. The van der Waals surface area contributed by atoms with Gasteiger partial charge in [0, 0.05) is 12.7 Å². The summed E-state index contributed by atoms with van der Waals surface area (Å²) in [6.07, 6.45) is 2.70. The zero-order chi connectivity index (χ0) is 22.7. The lowest BCUT2D eigenvalue weighted by Crippen LogP contribution is -2.23. The van der Waals surface area contributed by atoms with Crippen molar-refractivity contribution in [3.63, 3.8) is 0 Å². The van der Waals surface area contributed by atoms with E-state index in [1.807, 2.05) is 37.3 Å². The molecule has 2 aromatic carbocycles. The molecule has 32 heavy (non-hydrogen) atoms. The van der Waals surface area contributed by atoms with E-state index >= 15 is 0 Å². The highest BCUT2D eigenvalue weighted by atomic mass is 16.5. The lowest BCUT2D eigenvalue weighted by atomic mass is 10.1. The molecular formula is C22H19N5O5. The van der Waals surface area contributed by atoms with Crippen LogP contribution < -0.4 is 10.9 Å². The number of imidazole rings is 1. The lowest BCUT2D eigenvalue weighted by Gasteiger charge is -2.09. The van der Waals surface area contributed by atoms with Gasteiger partial charge in [-0.1, -0.05) is 30.3 Å². The first-order chi connectivity index (χ1) is 15.4. The molecule has 0 saturated heterocycles. The Morgan fingerprint density at radius 1 is 1.22 bits per heavy atom. The zero-order valence-corrected chi connectivity index (χ0v) is 17.0. The molecule has 3 N–H and O–H groups in total. The van der Waals surface area contributed by atoms with Crippen molar-refractivity contribution in [2.45, 2.75) is 20.1 Å². The van der Waals surface area contributed by atoms with Crippen LogP contribution in [0.2, 0.25) is 0 Å². The third-order valence-corrected chi connectivity index (χ3v) is 4.76. The van der Waals surface area contributed by atoms with Gasteiger partial charge in [-0.05, 0) is 30.2 Å². The monoisotopic (exact) mass is 433 g/mol. The van der Waals surface area contributed by atoms with E-state index in [0.29, 0.717) is 29.0 Å². The fourth-order valence-electron chi connectivity index (χ4n) is 3.18. The van der Waals surface area contributed by atoms with Gasteiger partial charge in [-0.15, -0.1) is 0 Å². The highest BCUT2D eigenvalue weighted by Gasteiger charge is 2.14. The second kappa shape index (κ2) is 8.72. The summed E-state index contributed by atoms with van der Waals surface area (Å²) < 4.78 is 6.92. The molecule has 0 spiro atoms. The van der Waals surface area contributed by atoms with Crippen molar-refractivity contribution >= 4 is 23.1 Å². The van der Waals surface area contributed by atoms with Crippen LogP contribution in [0.5, 0.6) is 0 Å². The minimum Gasteiger partial charge on any atom is -0.476 e. The van der Waals surface area contributed by atoms with Crippen LogP contribution in [0.1, 0.15) is 27.3 Å². The molecule has 4 aromatic rings. The molecule has 2 aromatic heterocycles. The van der Waals surface area contributed by atoms with E-state index in [1.165, 1.54) is 0 Å². The fourth-order valence-corrected chi connectivity index (χ4v) is 3.18. The Bertz CT molecular complexity index is 1360. The van der Waals surface area contributed by atoms with Crippen LogP contribution in [0, 0.1) is 6.92 Å². The topological polar surface area (TPSA) is 139 Å². The number of alkyl carbamates (subject to hydrolysis) is 1. The predicted octanol–water partition coefficient (Wildman–Crippen LogP) is 2.54. The fraction of sp³-hybridized carbons (Fsp3) is 0.136. The number of fused-ring (bicyclic) bond motifs is 1. The average molecular weight is 433 g/mol. The summed E-state index contributed by atoms with van der Waals surface area (Å²) in [6.45, 7) is 2.18. The molecule has 0 unspecified atom stereocenters. The number of hydrogen-bond donors (Lipinski definition) is 3. The second-order valence-electron chi connectivity index (χ2n) is 7.06. The van der Waals surface area contributed by atoms with Crippen LogP contribution in [0.25, 0.3) is 16.7 Å². The smallest absolute Gasteiger partial charge is 0.407 e. The SMILES string of the molecule is Cc1cc2[nH]c(=O)c(C(=O)O)nc2cc1-n1cnc(COC(=O)NCc2ccccc2)c1. The minimum absolute atomic E-state index is 0.0189. The number of aromatic nitrogens is 4. The van der Waals surface area contributed by atoms with Gasteiger partial charge in [0.15, 0.2) is 0 Å². The third kappa shape index (κ3) is 4.48. The van der Waals surface area contributed by atoms with Crippen molar-refractivity contribution in [1.29, 1.82) is 0 Å². The summed E-state index contributed by atoms with van der Waals surface area (Å²) in [5.74, 6) is -1.40. The number of carboxylic acid groups (broad SMARTS) is 1. The van der Waals surface area contributed by atoms with Gasteiger partial charge in [0.05, 0.1) is 28.7 Å². The van der Waals surface area contributed by atoms with Crippen molar-refractivity contribution in [3.05, 3.63) is 87.9 Å². The van der Waals surface area contributed by atoms with E-state index in [-0.39, 0.29) is 6.61 Å². The maximum atomic E-state index is 11.9. The largest absolute Gasteiger partial charge is 0.476 e. The molecule has 0 fully saturated rings. The standard InChI is InChI=1S/C22H19N5O5/c1-13-7-16-17(25-19(21(29)30)20(28)26-16)8-18(13)27-10-15(24-12-27)11-32-22(31)23-9-14-5-3-2-4-6-14/h2-8,10,12H,9,11H2,1H3,(H,23,31)(H,26,28)(H,29,30). The molecule has 1 amide bonds. The normalized spacial score (nSPS) is 10.8.